The maximum Gasteiger partial charge on any atom is 0.326 e. The lowest BCUT2D eigenvalue weighted by atomic mass is 10.1. The van der Waals surface area contributed by atoms with E-state index >= 15 is 0 Å². The Morgan fingerprint density at radius 2 is 2.12 bits per heavy atom. The largest absolute Gasteiger partial charge is 0.480 e. The molecule has 0 unspecified atom stereocenters. The summed E-state index contributed by atoms with van der Waals surface area (Å²) in [5, 5.41) is 12.7. The smallest absolute Gasteiger partial charge is 0.326 e. The summed E-state index contributed by atoms with van der Waals surface area (Å²) in [6.45, 7) is 3.75. The van der Waals surface area contributed by atoms with E-state index in [1.54, 1.807) is 0 Å². The molecule has 0 fully saturated rings. The van der Waals surface area contributed by atoms with Gasteiger partial charge in [-0.25, -0.2) is 9.78 Å². The zero-order valence-electron chi connectivity index (χ0n) is 9.68. The fourth-order valence-corrected chi connectivity index (χ4v) is 2.48. The van der Waals surface area contributed by atoms with E-state index in [-0.39, 0.29) is 5.92 Å². The van der Waals surface area contributed by atoms with E-state index in [0.29, 0.717) is 5.13 Å². The Morgan fingerprint density at radius 3 is 2.71 bits per heavy atom. The number of benzene rings is 1. The molecule has 0 saturated carbocycles. The Bertz CT molecular complexity index is 503. The summed E-state index contributed by atoms with van der Waals surface area (Å²) in [5.41, 5.74) is 0.896. The minimum atomic E-state index is -0.848. The maximum absolute atomic E-state index is 11.1. The molecule has 0 aliphatic heterocycles. The van der Waals surface area contributed by atoms with Crippen molar-refractivity contribution in [2.24, 2.45) is 5.92 Å². The number of carboxylic acids is 1. The fourth-order valence-electron chi connectivity index (χ4n) is 1.58. The summed E-state index contributed by atoms with van der Waals surface area (Å²) in [5.74, 6) is -0.834. The van der Waals surface area contributed by atoms with Gasteiger partial charge in [-0.05, 0) is 18.1 Å². The van der Waals surface area contributed by atoms with Gasteiger partial charge in [0.25, 0.3) is 0 Å². The first-order chi connectivity index (χ1) is 8.08. The van der Waals surface area contributed by atoms with Crippen LogP contribution in [0.2, 0.25) is 0 Å². The molecule has 1 heterocycles. The van der Waals surface area contributed by atoms with Crippen molar-refractivity contribution < 1.29 is 9.90 Å². The molecule has 0 aliphatic carbocycles. The molecule has 0 saturated heterocycles. The van der Waals surface area contributed by atoms with Crippen molar-refractivity contribution in [3.05, 3.63) is 24.3 Å². The second kappa shape index (κ2) is 4.71. The van der Waals surface area contributed by atoms with Crippen LogP contribution in [0.3, 0.4) is 0 Å². The number of nitrogens with zero attached hydrogens (tertiary/aromatic N) is 1. The third kappa shape index (κ3) is 2.55. The van der Waals surface area contributed by atoms with Crippen LogP contribution >= 0.6 is 11.3 Å². The monoisotopic (exact) mass is 250 g/mol. The molecule has 0 bridgehead atoms. The molecule has 0 amide bonds. The first-order valence-electron chi connectivity index (χ1n) is 5.43. The highest BCUT2D eigenvalue weighted by molar-refractivity contribution is 7.22. The Kier molecular flexibility index (Phi) is 3.28. The van der Waals surface area contributed by atoms with Crippen molar-refractivity contribution in [1.29, 1.82) is 0 Å². The van der Waals surface area contributed by atoms with E-state index < -0.39 is 12.0 Å². The number of carboxylic acid groups (broad SMARTS) is 1. The SMILES string of the molecule is CC(C)[C@@H](Nc1nc2ccccc2s1)C(=O)O. The minimum absolute atomic E-state index is 0.0134. The van der Waals surface area contributed by atoms with Crippen LogP contribution in [0.1, 0.15) is 13.8 Å². The lowest BCUT2D eigenvalue weighted by Gasteiger charge is -2.16. The van der Waals surface area contributed by atoms with Crippen LogP contribution < -0.4 is 5.32 Å². The number of anilines is 1. The standard InChI is InChI=1S/C12H14N2O2S/c1-7(2)10(11(15)16)14-12-13-8-5-3-4-6-9(8)17-12/h3-7,10H,1-2H3,(H,13,14)(H,15,16)/t10-/m1/s1. The van der Waals surface area contributed by atoms with E-state index in [2.05, 4.69) is 10.3 Å². The van der Waals surface area contributed by atoms with E-state index in [1.807, 2.05) is 38.1 Å². The normalized spacial score (nSPS) is 12.9. The zero-order valence-corrected chi connectivity index (χ0v) is 10.5. The summed E-state index contributed by atoms with van der Waals surface area (Å²) in [4.78, 5) is 15.4. The van der Waals surface area contributed by atoms with Gasteiger partial charge in [-0.2, -0.15) is 0 Å². The van der Waals surface area contributed by atoms with Gasteiger partial charge >= 0.3 is 5.97 Å². The third-order valence-electron chi connectivity index (χ3n) is 2.51. The lowest BCUT2D eigenvalue weighted by Crippen LogP contribution is -2.34. The van der Waals surface area contributed by atoms with Crippen LogP contribution in [-0.4, -0.2) is 22.1 Å². The van der Waals surface area contributed by atoms with E-state index in [1.165, 1.54) is 11.3 Å². The predicted molar refractivity (Wildman–Crippen MR) is 69.5 cm³/mol. The van der Waals surface area contributed by atoms with Crippen molar-refractivity contribution in [3.63, 3.8) is 0 Å². The molecule has 0 aliphatic rings. The quantitative estimate of drug-likeness (QED) is 0.876. The lowest BCUT2D eigenvalue weighted by molar-refractivity contribution is -0.138. The van der Waals surface area contributed by atoms with Gasteiger partial charge in [0.15, 0.2) is 5.13 Å². The number of nitrogens with one attached hydrogen (secondary N) is 1. The number of para-hydroxylation sites is 1. The van der Waals surface area contributed by atoms with Crippen molar-refractivity contribution in [3.8, 4) is 0 Å². The summed E-state index contributed by atoms with van der Waals surface area (Å²) < 4.78 is 1.06. The molecule has 1 aromatic carbocycles. The zero-order chi connectivity index (χ0) is 12.4. The highest BCUT2D eigenvalue weighted by Crippen LogP contribution is 2.26. The molecule has 90 valence electrons. The van der Waals surface area contributed by atoms with Gasteiger partial charge in [-0.3, -0.25) is 0 Å². The summed E-state index contributed by atoms with van der Waals surface area (Å²) in [7, 11) is 0. The molecule has 5 heteroatoms. The average molecular weight is 250 g/mol. The first kappa shape index (κ1) is 11.9. The van der Waals surface area contributed by atoms with Crippen molar-refractivity contribution in [2.75, 3.05) is 5.32 Å². The molecule has 2 rings (SSSR count). The molecule has 17 heavy (non-hydrogen) atoms. The molecule has 2 N–H and O–H groups in total. The van der Waals surface area contributed by atoms with Crippen LogP contribution in [-0.2, 0) is 4.79 Å². The average Bonchev–Trinajstić information content (AvgIpc) is 2.67. The Hall–Kier alpha value is -1.62. The first-order valence-corrected chi connectivity index (χ1v) is 6.24. The summed E-state index contributed by atoms with van der Waals surface area (Å²) in [6, 6.07) is 7.16. The van der Waals surface area contributed by atoms with Gasteiger partial charge in [0, 0.05) is 0 Å². The molecular weight excluding hydrogens is 236 g/mol. The topological polar surface area (TPSA) is 62.2 Å². The molecule has 4 nitrogen and oxygen atoms in total. The molecule has 1 aromatic heterocycles. The number of thiazole rings is 1. The second-order valence-electron chi connectivity index (χ2n) is 4.19. The van der Waals surface area contributed by atoms with E-state index in [9.17, 15) is 4.79 Å². The van der Waals surface area contributed by atoms with Gasteiger partial charge in [0.05, 0.1) is 10.2 Å². The van der Waals surface area contributed by atoms with Crippen molar-refractivity contribution in [2.45, 2.75) is 19.9 Å². The second-order valence-corrected chi connectivity index (χ2v) is 5.22. The van der Waals surface area contributed by atoms with Crippen molar-refractivity contribution in [1.82, 2.24) is 4.98 Å². The Labute approximate surface area is 103 Å². The van der Waals surface area contributed by atoms with Gasteiger partial charge in [0.2, 0.25) is 0 Å². The number of hydrogen-bond acceptors (Lipinski definition) is 4. The van der Waals surface area contributed by atoms with E-state index in [4.69, 9.17) is 5.11 Å². The number of rotatable bonds is 4. The molecule has 0 radical (unpaired) electrons. The molecular formula is C12H14N2O2S. The number of carbonyl (C=O) groups is 1. The van der Waals surface area contributed by atoms with Gasteiger partial charge in [-0.15, -0.1) is 0 Å². The van der Waals surface area contributed by atoms with Crippen LogP contribution in [0.4, 0.5) is 5.13 Å². The van der Waals surface area contributed by atoms with Crippen LogP contribution in [0.5, 0.6) is 0 Å². The van der Waals surface area contributed by atoms with Crippen LogP contribution in [0.25, 0.3) is 10.2 Å². The summed E-state index contributed by atoms with van der Waals surface area (Å²) >= 11 is 1.47. The van der Waals surface area contributed by atoms with Crippen molar-refractivity contribution >= 4 is 32.7 Å². The van der Waals surface area contributed by atoms with E-state index in [0.717, 1.165) is 10.2 Å². The molecule has 2 aromatic rings. The van der Waals surface area contributed by atoms with Gasteiger partial charge in [0.1, 0.15) is 6.04 Å². The molecule has 0 spiro atoms. The number of aromatic nitrogens is 1. The maximum atomic E-state index is 11.1. The Balaban J connectivity index is 2.25. The number of hydrogen-bond donors (Lipinski definition) is 2. The predicted octanol–water partition coefficient (Wildman–Crippen LogP) is 2.82. The van der Waals surface area contributed by atoms with Gasteiger partial charge < -0.3 is 10.4 Å². The molecule has 1 atom stereocenters. The highest BCUT2D eigenvalue weighted by atomic mass is 32.1. The number of fused-ring (bicyclic) bond motifs is 1. The minimum Gasteiger partial charge on any atom is -0.480 e. The summed E-state index contributed by atoms with van der Waals surface area (Å²) in [6.07, 6.45) is 0. The third-order valence-corrected chi connectivity index (χ3v) is 3.47. The van der Waals surface area contributed by atoms with Gasteiger partial charge in [-0.1, -0.05) is 37.3 Å². The fraction of sp³-hybridized carbons (Fsp3) is 0.333. The van der Waals surface area contributed by atoms with Crippen LogP contribution in [0, 0.1) is 5.92 Å². The Morgan fingerprint density at radius 1 is 1.41 bits per heavy atom. The number of aliphatic carboxylic acids is 1. The van der Waals surface area contributed by atoms with Crippen LogP contribution in [0.15, 0.2) is 24.3 Å². The highest BCUT2D eigenvalue weighted by Gasteiger charge is 2.22.